The highest BCUT2D eigenvalue weighted by Gasteiger charge is 2.48. The molecule has 1 fully saturated rings. The van der Waals surface area contributed by atoms with Gasteiger partial charge in [0, 0.05) is 11.3 Å². The van der Waals surface area contributed by atoms with E-state index in [1.807, 2.05) is 39.0 Å². The fraction of sp³-hybridized carbons (Fsp3) is 0.214. The number of ether oxygens (including phenoxy) is 2. The van der Waals surface area contributed by atoms with Gasteiger partial charge in [0.2, 0.25) is 0 Å². The number of benzene rings is 3. The molecule has 6 nitrogen and oxygen atoms in total. The van der Waals surface area contributed by atoms with Crippen molar-refractivity contribution in [2.75, 3.05) is 19.1 Å². The number of aliphatic hydroxyl groups excluding tert-OH is 1. The Hall–Kier alpha value is -3.77. The number of nitrogens with zero attached hydrogens (tertiary/aromatic N) is 1. The van der Waals surface area contributed by atoms with Crippen LogP contribution in [0.4, 0.5) is 5.69 Å². The molecule has 3 aromatic carbocycles. The quantitative estimate of drug-likeness (QED) is 0.273. The van der Waals surface area contributed by atoms with Gasteiger partial charge in [-0.25, -0.2) is 0 Å². The number of carbonyl (C=O) groups is 2. The molecule has 1 aliphatic rings. The Labute approximate surface area is 209 Å². The summed E-state index contributed by atoms with van der Waals surface area (Å²) in [5.74, 6) is -1.23. The maximum absolute atomic E-state index is 13.5. The molecule has 0 aromatic heterocycles. The third kappa shape index (κ3) is 4.26. The minimum absolute atomic E-state index is 0.0707. The summed E-state index contributed by atoms with van der Waals surface area (Å²) in [7, 11) is 2.95. The number of methoxy groups -OCH3 is 2. The fourth-order valence-electron chi connectivity index (χ4n) is 4.63. The van der Waals surface area contributed by atoms with Crippen LogP contribution in [0.25, 0.3) is 5.76 Å². The molecular formula is C28H26ClNO5. The first-order chi connectivity index (χ1) is 16.7. The SMILES string of the molecule is COc1ccccc1C1/C(=C(\O)c2cc(C)cc(Cl)c2OC)C(=O)C(=O)N1c1cc(C)cc(C)c1. The second kappa shape index (κ2) is 9.47. The van der Waals surface area contributed by atoms with E-state index in [0.29, 0.717) is 17.0 Å². The molecule has 0 radical (unpaired) electrons. The van der Waals surface area contributed by atoms with E-state index in [-0.39, 0.29) is 27.7 Å². The Morgan fingerprint density at radius 2 is 1.54 bits per heavy atom. The molecule has 180 valence electrons. The van der Waals surface area contributed by atoms with Gasteiger partial charge >= 0.3 is 0 Å². The number of Topliss-reactive ketones (excluding diaryl/α,β-unsaturated/α-hetero) is 1. The standard InChI is InChI=1S/C28H26ClNO5/c1-15-10-16(2)12-18(11-15)30-24(19-8-6-7-9-22(19)34-4)23(26(32)28(30)33)25(31)20-13-17(3)14-21(29)27(20)35-5/h6-14,24,31H,1-5H3/b25-23+. The first-order valence-electron chi connectivity index (χ1n) is 11.0. The summed E-state index contributed by atoms with van der Waals surface area (Å²) in [5.41, 5.74) is 3.91. The third-order valence-corrected chi connectivity index (χ3v) is 6.29. The van der Waals surface area contributed by atoms with E-state index in [9.17, 15) is 14.7 Å². The van der Waals surface area contributed by atoms with Crippen LogP contribution in [-0.4, -0.2) is 31.0 Å². The van der Waals surface area contributed by atoms with E-state index < -0.39 is 17.7 Å². The number of para-hydroxylation sites is 1. The van der Waals surface area contributed by atoms with Crippen LogP contribution in [0.1, 0.15) is 33.9 Å². The zero-order chi connectivity index (χ0) is 25.4. The smallest absolute Gasteiger partial charge is 0.300 e. The van der Waals surface area contributed by atoms with Gasteiger partial charge in [-0.3, -0.25) is 14.5 Å². The van der Waals surface area contributed by atoms with E-state index in [1.54, 1.807) is 36.4 Å². The van der Waals surface area contributed by atoms with Crippen molar-refractivity contribution in [3.63, 3.8) is 0 Å². The van der Waals surface area contributed by atoms with E-state index in [2.05, 4.69) is 0 Å². The highest BCUT2D eigenvalue weighted by Crippen LogP contribution is 2.46. The number of hydrogen-bond donors (Lipinski definition) is 1. The van der Waals surface area contributed by atoms with Gasteiger partial charge in [0.1, 0.15) is 17.3 Å². The molecule has 3 aromatic rings. The van der Waals surface area contributed by atoms with Crippen LogP contribution in [0.15, 0.2) is 60.2 Å². The van der Waals surface area contributed by atoms with E-state index in [0.717, 1.165) is 16.7 Å². The van der Waals surface area contributed by atoms with Crippen LogP contribution in [-0.2, 0) is 9.59 Å². The van der Waals surface area contributed by atoms with Crippen molar-refractivity contribution in [1.82, 2.24) is 0 Å². The first-order valence-corrected chi connectivity index (χ1v) is 11.4. The number of anilines is 1. The van der Waals surface area contributed by atoms with Gasteiger partial charge in [0.25, 0.3) is 11.7 Å². The molecule has 1 saturated heterocycles. The van der Waals surface area contributed by atoms with Gasteiger partial charge in [0.15, 0.2) is 0 Å². The summed E-state index contributed by atoms with van der Waals surface area (Å²) in [6, 6.07) is 15.2. The summed E-state index contributed by atoms with van der Waals surface area (Å²) in [6.07, 6.45) is 0. The number of amides is 1. The van der Waals surface area contributed by atoms with Crippen molar-refractivity contribution in [2.24, 2.45) is 0 Å². The largest absolute Gasteiger partial charge is 0.507 e. The Morgan fingerprint density at radius 1 is 0.914 bits per heavy atom. The number of rotatable bonds is 5. The summed E-state index contributed by atoms with van der Waals surface area (Å²) in [5, 5.41) is 11.8. The lowest BCUT2D eigenvalue weighted by Gasteiger charge is -2.27. The maximum atomic E-state index is 13.5. The molecule has 35 heavy (non-hydrogen) atoms. The third-order valence-electron chi connectivity index (χ3n) is 6.01. The first kappa shape index (κ1) is 24.4. The molecule has 7 heteroatoms. The molecule has 1 N–H and O–H groups in total. The van der Waals surface area contributed by atoms with Gasteiger partial charge in [0.05, 0.1) is 36.4 Å². The second-order valence-electron chi connectivity index (χ2n) is 8.58. The molecule has 1 atom stereocenters. The molecule has 0 aliphatic carbocycles. The predicted octanol–water partition coefficient (Wildman–Crippen LogP) is 5.91. The lowest BCUT2D eigenvalue weighted by Crippen LogP contribution is -2.29. The number of aliphatic hydroxyl groups is 1. The normalized spacial score (nSPS) is 17.1. The summed E-state index contributed by atoms with van der Waals surface area (Å²) < 4.78 is 11.0. The molecule has 4 rings (SSSR count). The van der Waals surface area contributed by atoms with E-state index in [1.165, 1.54) is 19.1 Å². The molecule has 1 amide bonds. The minimum atomic E-state index is -0.934. The average molecular weight is 492 g/mol. The second-order valence-corrected chi connectivity index (χ2v) is 8.99. The maximum Gasteiger partial charge on any atom is 0.300 e. The van der Waals surface area contributed by atoms with Crippen molar-refractivity contribution < 1.29 is 24.2 Å². The number of aryl methyl sites for hydroxylation is 3. The monoisotopic (exact) mass is 491 g/mol. The predicted molar refractivity (Wildman–Crippen MR) is 136 cm³/mol. The van der Waals surface area contributed by atoms with Gasteiger partial charge in [-0.15, -0.1) is 0 Å². The van der Waals surface area contributed by atoms with Crippen LogP contribution in [0.5, 0.6) is 11.5 Å². The van der Waals surface area contributed by atoms with Crippen LogP contribution >= 0.6 is 11.6 Å². The van der Waals surface area contributed by atoms with Crippen molar-refractivity contribution in [1.29, 1.82) is 0 Å². The molecule has 0 saturated carbocycles. The van der Waals surface area contributed by atoms with Crippen molar-refractivity contribution in [3.05, 3.63) is 93.0 Å². The highest BCUT2D eigenvalue weighted by atomic mass is 35.5. The van der Waals surface area contributed by atoms with E-state index in [4.69, 9.17) is 21.1 Å². The lowest BCUT2D eigenvalue weighted by molar-refractivity contribution is -0.132. The van der Waals surface area contributed by atoms with Crippen LogP contribution in [0.2, 0.25) is 5.02 Å². The van der Waals surface area contributed by atoms with E-state index >= 15 is 0 Å². The summed E-state index contributed by atoms with van der Waals surface area (Å²) in [6.45, 7) is 5.66. The Bertz CT molecular complexity index is 1360. The molecule has 1 unspecified atom stereocenters. The van der Waals surface area contributed by atoms with Crippen molar-refractivity contribution in [2.45, 2.75) is 26.8 Å². The fourth-order valence-corrected chi connectivity index (χ4v) is 4.98. The number of hydrogen-bond acceptors (Lipinski definition) is 5. The molecule has 1 heterocycles. The lowest BCUT2D eigenvalue weighted by atomic mass is 9.93. The Balaban J connectivity index is 2.06. The number of carbonyl (C=O) groups excluding carboxylic acids is 2. The van der Waals surface area contributed by atoms with Crippen molar-refractivity contribution >= 4 is 34.7 Å². The average Bonchev–Trinajstić information content (AvgIpc) is 3.07. The van der Waals surface area contributed by atoms with Gasteiger partial charge in [-0.2, -0.15) is 0 Å². The Morgan fingerprint density at radius 3 is 2.17 bits per heavy atom. The van der Waals surface area contributed by atoms with Gasteiger partial charge in [-0.1, -0.05) is 35.9 Å². The summed E-state index contributed by atoms with van der Waals surface area (Å²) >= 11 is 6.37. The van der Waals surface area contributed by atoms with Crippen molar-refractivity contribution in [3.8, 4) is 11.5 Å². The van der Waals surface area contributed by atoms with Crippen LogP contribution in [0, 0.1) is 20.8 Å². The van der Waals surface area contributed by atoms with Crippen LogP contribution in [0.3, 0.4) is 0 Å². The molecule has 1 aliphatic heterocycles. The minimum Gasteiger partial charge on any atom is -0.507 e. The zero-order valence-electron chi connectivity index (χ0n) is 20.2. The zero-order valence-corrected chi connectivity index (χ0v) is 20.9. The number of ketones is 1. The topological polar surface area (TPSA) is 76.1 Å². The van der Waals surface area contributed by atoms with Gasteiger partial charge < -0.3 is 14.6 Å². The Kier molecular flexibility index (Phi) is 6.59. The van der Waals surface area contributed by atoms with Gasteiger partial charge in [-0.05, 0) is 67.8 Å². The highest BCUT2D eigenvalue weighted by molar-refractivity contribution is 6.51. The van der Waals surface area contributed by atoms with Crippen LogP contribution < -0.4 is 14.4 Å². The summed E-state index contributed by atoms with van der Waals surface area (Å²) in [4.78, 5) is 28.4. The molecule has 0 spiro atoms. The molecular weight excluding hydrogens is 466 g/mol. The number of halogens is 1. The molecule has 0 bridgehead atoms.